The number of rotatable bonds is 7. The van der Waals surface area contributed by atoms with Gasteiger partial charge in [0.25, 0.3) is 5.91 Å². The van der Waals surface area contributed by atoms with Crippen molar-refractivity contribution in [1.82, 2.24) is 19.9 Å². The third-order valence-electron chi connectivity index (χ3n) is 6.74. The van der Waals surface area contributed by atoms with E-state index >= 15 is 0 Å². The lowest BCUT2D eigenvalue weighted by atomic mass is 10.1. The van der Waals surface area contributed by atoms with Crippen LogP contribution in [0.15, 0.2) is 78.9 Å². The summed E-state index contributed by atoms with van der Waals surface area (Å²) in [5.74, 6) is 1.15. The van der Waals surface area contributed by atoms with Crippen molar-refractivity contribution in [2.75, 3.05) is 5.32 Å². The van der Waals surface area contributed by atoms with Gasteiger partial charge in [-0.1, -0.05) is 53.5 Å². The molecule has 0 spiro atoms. The van der Waals surface area contributed by atoms with Gasteiger partial charge in [-0.2, -0.15) is 9.61 Å². The molecule has 0 saturated heterocycles. The molecule has 3 aromatic carbocycles. The SMILES string of the molecule is Cc1cc(Cl)cc(Cl)c1CNC(=O)c1ccc(Nc2cc(-c3ccccc3)nc3cc(C4CC4)nn23)cc1. The maximum Gasteiger partial charge on any atom is 0.251 e. The molecule has 38 heavy (non-hydrogen) atoms. The molecule has 1 aliphatic rings. The first-order valence-corrected chi connectivity index (χ1v) is 13.3. The number of carbonyl (C=O) groups is 1. The van der Waals surface area contributed by atoms with E-state index in [9.17, 15) is 4.79 Å². The van der Waals surface area contributed by atoms with Crippen LogP contribution in [0.4, 0.5) is 11.5 Å². The summed E-state index contributed by atoms with van der Waals surface area (Å²) in [6.45, 7) is 2.24. The van der Waals surface area contributed by atoms with Crippen LogP contribution in [0, 0.1) is 6.92 Å². The Bertz CT molecular complexity index is 1620. The van der Waals surface area contributed by atoms with Crippen molar-refractivity contribution in [3.63, 3.8) is 0 Å². The molecule has 0 aliphatic heterocycles. The highest BCUT2D eigenvalue weighted by Crippen LogP contribution is 2.40. The first kappa shape index (κ1) is 24.5. The molecule has 1 fully saturated rings. The summed E-state index contributed by atoms with van der Waals surface area (Å²) in [5, 5.41) is 12.4. The van der Waals surface area contributed by atoms with Crippen molar-refractivity contribution in [3.8, 4) is 11.3 Å². The Balaban J connectivity index is 1.23. The predicted octanol–water partition coefficient (Wildman–Crippen LogP) is 7.56. The van der Waals surface area contributed by atoms with E-state index in [-0.39, 0.29) is 5.91 Å². The average Bonchev–Trinajstić information content (AvgIpc) is 3.67. The van der Waals surface area contributed by atoms with Gasteiger partial charge in [0.1, 0.15) is 5.82 Å². The maximum absolute atomic E-state index is 12.8. The molecule has 0 radical (unpaired) electrons. The summed E-state index contributed by atoms with van der Waals surface area (Å²) < 4.78 is 1.86. The Morgan fingerprint density at radius 2 is 1.76 bits per heavy atom. The molecule has 5 aromatic rings. The Morgan fingerprint density at radius 1 is 1.00 bits per heavy atom. The van der Waals surface area contributed by atoms with Gasteiger partial charge in [-0.05, 0) is 67.3 Å². The Kier molecular flexibility index (Phi) is 6.52. The van der Waals surface area contributed by atoms with E-state index < -0.39 is 0 Å². The summed E-state index contributed by atoms with van der Waals surface area (Å²) in [4.78, 5) is 17.7. The summed E-state index contributed by atoms with van der Waals surface area (Å²) in [7, 11) is 0. The molecule has 0 bridgehead atoms. The average molecular weight is 542 g/mol. The number of carbonyl (C=O) groups excluding carboxylic acids is 1. The minimum atomic E-state index is -0.180. The Labute approximate surface area is 230 Å². The number of halogens is 2. The molecular weight excluding hydrogens is 517 g/mol. The Morgan fingerprint density at radius 3 is 2.47 bits per heavy atom. The van der Waals surface area contributed by atoms with Crippen LogP contribution < -0.4 is 10.6 Å². The van der Waals surface area contributed by atoms with Crippen LogP contribution in [0.1, 0.15) is 45.9 Å². The molecule has 6 nitrogen and oxygen atoms in total. The van der Waals surface area contributed by atoms with Crippen LogP contribution >= 0.6 is 23.2 Å². The topological polar surface area (TPSA) is 71.3 Å². The number of amides is 1. The zero-order valence-corrected chi connectivity index (χ0v) is 22.2. The summed E-state index contributed by atoms with van der Waals surface area (Å²) >= 11 is 12.4. The molecule has 2 aromatic heterocycles. The van der Waals surface area contributed by atoms with E-state index in [1.807, 2.05) is 66.0 Å². The molecule has 2 N–H and O–H groups in total. The number of hydrogen-bond donors (Lipinski definition) is 2. The molecule has 1 saturated carbocycles. The fourth-order valence-electron chi connectivity index (χ4n) is 4.50. The third-order valence-corrected chi connectivity index (χ3v) is 7.30. The van der Waals surface area contributed by atoms with Crippen molar-refractivity contribution in [3.05, 3.63) is 111 Å². The first-order chi connectivity index (χ1) is 18.4. The van der Waals surface area contributed by atoms with E-state index in [0.717, 1.165) is 45.2 Å². The van der Waals surface area contributed by atoms with Gasteiger partial charge in [-0.3, -0.25) is 4.79 Å². The second-order valence-electron chi connectivity index (χ2n) is 9.57. The van der Waals surface area contributed by atoms with E-state index in [1.54, 1.807) is 18.2 Å². The van der Waals surface area contributed by atoms with Gasteiger partial charge in [-0.25, -0.2) is 4.98 Å². The fourth-order valence-corrected chi connectivity index (χ4v) is 5.16. The highest BCUT2D eigenvalue weighted by atomic mass is 35.5. The van der Waals surface area contributed by atoms with Crippen molar-refractivity contribution >= 4 is 46.3 Å². The molecule has 0 unspecified atom stereocenters. The lowest BCUT2D eigenvalue weighted by Crippen LogP contribution is -2.23. The summed E-state index contributed by atoms with van der Waals surface area (Å²) in [6, 6.07) is 25.1. The van der Waals surface area contributed by atoms with Crippen LogP contribution in [0.25, 0.3) is 16.9 Å². The molecular formula is C30H25Cl2N5O. The number of aryl methyl sites for hydroxylation is 1. The lowest BCUT2D eigenvalue weighted by molar-refractivity contribution is 0.0951. The van der Waals surface area contributed by atoms with E-state index in [4.69, 9.17) is 33.3 Å². The largest absolute Gasteiger partial charge is 0.348 e. The standard InChI is InChI=1S/C30H25Cl2N5O/c1-18-13-22(31)14-25(32)24(18)17-33-30(38)21-9-11-23(12-10-21)34-28-15-26(19-5-3-2-4-6-19)35-29-16-27(20-7-8-20)36-37(28)29/h2-6,9-16,20,34H,7-8,17H2,1H3,(H,33,38). The lowest BCUT2D eigenvalue weighted by Gasteiger charge is -2.12. The molecule has 2 heterocycles. The van der Waals surface area contributed by atoms with Crippen LogP contribution in [-0.2, 0) is 6.54 Å². The number of aromatic nitrogens is 3. The van der Waals surface area contributed by atoms with Crippen LogP contribution in [0.3, 0.4) is 0 Å². The van der Waals surface area contributed by atoms with Gasteiger partial charge in [0, 0.05) is 51.5 Å². The van der Waals surface area contributed by atoms with E-state index in [2.05, 4.69) is 16.7 Å². The minimum Gasteiger partial charge on any atom is -0.348 e. The number of hydrogen-bond acceptors (Lipinski definition) is 4. The Hall–Kier alpha value is -3.87. The second kappa shape index (κ2) is 10.1. The zero-order chi connectivity index (χ0) is 26.2. The number of anilines is 2. The van der Waals surface area contributed by atoms with Gasteiger partial charge in [-0.15, -0.1) is 0 Å². The van der Waals surface area contributed by atoms with Gasteiger partial charge < -0.3 is 10.6 Å². The van der Waals surface area contributed by atoms with Crippen molar-refractivity contribution in [1.29, 1.82) is 0 Å². The van der Waals surface area contributed by atoms with Gasteiger partial charge in [0.2, 0.25) is 0 Å². The van der Waals surface area contributed by atoms with Gasteiger partial charge in [0.05, 0.1) is 11.4 Å². The quantitative estimate of drug-likeness (QED) is 0.223. The minimum absolute atomic E-state index is 0.180. The monoisotopic (exact) mass is 541 g/mol. The van der Waals surface area contributed by atoms with Crippen LogP contribution in [0.2, 0.25) is 10.0 Å². The summed E-state index contributed by atoms with van der Waals surface area (Å²) in [6.07, 6.45) is 2.34. The van der Waals surface area contributed by atoms with Crippen molar-refractivity contribution < 1.29 is 4.79 Å². The third kappa shape index (κ3) is 5.10. The molecule has 1 amide bonds. The van der Waals surface area contributed by atoms with Crippen molar-refractivity contribution in [2.45, 2.75) is 32.2 Å². The number of nitrogens with one attached hydrogen (secondary N) is 2. The normalized spacial score (nSPS) is 13.0. The highest BCUT2D eigenvalue weighted by Gasteiger charge is 2.27. The number of fused-ring (bicyclic) bond motifs is 1. The number of benzene rings is 3. The molecule has 190 valence electrons. The molecule has 0 atom stereocenters. The maximum atomic E-state index is 12.8. The molecule has 8 heteroatoms. The summed E-state index contributed by atoms with van der Waals surface area (Å²) in [5.41, 5.74) is 6.97. The van der Waals surface area contributed by atoms with Crippen molar-refractivity contribution in [2.24, 2.45) is 0 Å². The zero-order valence-electron chi connectivity index (χ0n) is 20.7. The number of nitrogens with zero attached hydrogens (tertiary/aromatic N) is 3. The van der Waals surface area contributed by atoms with E-state index in [1.165, 1.54) is 12.8 Å². The first-order valence-electron chi connectivity index (χ1n) is 12.5. The van der Waals surface area contributed by atoms with Crippen LogP contribution in [-0.4, -0.2) is 20.5 Å². The van der Waals surface area contributed by atoms with Gasteiger partial charge in [0.15, 0.2) is 5.65 Å². The predicted molar refractivity (Wildman–Crippen MR) is 152 cm³/mol. The fraction of sp³-hybridized carbons (Fsp3) is 0.167. The smallest absolute Gasteiger partial charge is 0.251 e. The molecule has 1 aliphatic carbocycles. The second-order valence-corrected chi connectivity index (χ2v) is 10.4. The molecule has 6 rings (SSSR count). The van der Waals surface area contributed by atoms with E-state index in [0.29, 0.717) is 28.1 Å². The highest BCUT2D eigenvalue weighted by molar-refractivity contribution is 6.35. The van der Waals surface area contributed by atoms with Crippen LogP contribution in [0.5, 0.6) is 0 Å². The van der Waals surface area contributed by atoms with Gasteiger partial charge >= 0.3 is 0 Å².